The van der Waals surface area contributed by atoms with Crippen LogP contribution in [0.25, 0.3) is 11.2 Å². The van der Waals surface area contributed by atoms with Gasteiger partial charge in [0.2, 0.25) is 5.91 Å². The van der Waals surface area contributed by atoms with Gasteiger partial charge in [0.1, 0.15) is 22.8 Å². The predicted octanol–water partition coefficient (Wildman–Crippen LogP) is 4.24. The van der Waals surface area contributed by atoms with Gasteiger partial charge in [-0.05, 0) is 55.0 Å². The Balaban J connectivity index is 1.47. The van der Waals surface area contributed by atoms with E-state index < -0.39 is 6.04 Å². The van der Waals surface area contributed by atoms with Gasteiger partial charge >= 0.3 is 0 Å². The summed E-state index contributed by atoms with van der Waals surface area (Å²) in [6.45, 7) is 1.85. The van der Waals surface area contributed by atoms with Crippen molar-refractivity contribution in [1.82, 2.24) is 15.0 Å². The highest BCUT2D eigenvalue weighted by Crippen LogP contribution is 2.24. The van der Waals surface area contributed by atoms with Crippen LogP contribution in [0, 0.1) is 0 Å². The topological polar surface area (TPSA) is 115 Å². The third-order valence-electron chi connectivity index (χ3n) is 4.54. The van der Waals surface area contributed by atoms with Crippen molar-refractivity contribution in [3.05, 3.63) is 72.9 Å². The lowest BCUT2D eigenvalue weighted by Crippen LogP contribution is -2.35. The first-order chi connectivity index (χ1) is 15.1. The van der Waals surface area contributed by atoms with Crippen LogP contribution in [0.3, 0.4) is 0 Å². The fourth-order valence-electron chi connectivity index (χ4n) is 2.81. The van der Waals surface area contributed by atoms with Crippen molar-refractivity contribution < 1.29 is 9.53 Å². The molecule has 1 unspecified atom stereocenters. The number of carbonyl (C=O) groups excluding carboxylic acids is 1. The van der Waals surface area contributed by atoms with Gasteiger partial charge in [0.25, 0.3) is 0 Å². The minimum atomic E-state index is -0.578. The molecule has 156 valence electrons. The van der Waals surface area contributed by atoms with Gasteiger partial charge in [0.05, 0.1) is 12.2 Å². The quantitative estimate of drug-likeness (QED) is 0.414. The molecule has 0 bridgehead atoms. The normalized spacial score (nSPS) is 11.7. The lowest BCUT2D eigenvalue weighted by Gasteiger charge is -2.10. The van der Waals surface area contributed by atoms with Crippen molar-refractivity contribution in [3.8, 4) is 11.5 Å². The van der Waals surface area contributed by atoms with Gasteiger partial charge in [0.15, 0.2) is 11.5 Å². The fourth-order valence-corrected chi connectivity index (χ4v) is 2.81. The summed E-state index contributed by atoms with van der Waals surface area (Å²) in [5, 5.41) is 5.90. The second-order valence-corrected chi connectivity index (χ2v) is 6.86. The molecule has 0 spiro atoms. The number of nitrogens with zero attached hydrogens (tertiary/aromatic N) is 3. The number of carbonyl (C=O) groups is 1. The number of para-hydroxylation sites is 1. The number of fused-ring (bicyclic) bond motifs is 1. The SMILES string of the molecule is CCC(N)C(=O)Nc1ccc2ncc(Nc3ccc(Oc4ccccc4)cc3)nc2n1. The molecule has 8 nitrogen and oxygen atoms in total. The highest BCUT2D eigenvalue weighted by Gasteiger charge is 2.12. The zero-order chi connectivity index (χ0) is 21.6. The van der Waals surface area contributed by atoms with Crippen molar-refractivity contribution in [2.75, 3.05) is 10.6 Å². The van der Waals surface area contributed by atoms with Crippen LogP contribution in [0.15, 0.2) is 72.9 Å². The summed E-state index contributed by atoms with van der Waals surface area (Å²) in [5.74, 6) is 2.14. The molecule has 0 radical (unpaired) electrons. The zero-order valence-corrected chi connectivity index (χ0v) is 16.9. The molecule has 2 aromatic heterocycles. The van der Waals surface area contributed by atoms with Crippen LogP contribution < -0.4 is 21.1 Å². The molecule has 4 aromatic rings. The Morgan fingerprint density at radius 3 is 2.42 bits per heavy atom. The molecule has 2 heterocycles. The Morgan fingerprint density at radius 2 is 1.68 bits per heavy atom. The number of nitrogens with two attached hydrogens (primary N) is 1. The van der Waals surface area contributed by atoms with E-state index in [2.05, 4.69) is 25.6 Å². The van der Waals surface area contributed by atoms with Crippen LogP contribution in [0.4, 0.5) is 17.3 Å². The Hall–Kier alpha value is -4.04. The van der Waals surface area contributed by atoms with E-state index in [0.717, 1.165) is 17.2 Å². The number of amides is 1. The second-order valence-electron chi connectivity index (χ2n) is 6.86. The molecule has 1 atom stereocenters. The van der Waals surface area contributed by atoms with E-state index in [9.17, 15) is 4.79 Å². The van der Waals surface area contributed by atoms with Gasteiger partial charge < -0.3 is 21.1 Å². The molecule has 4 N–H and O–H groups in total. The van der Waals surface area contributed by atoms with E-state index in [1.54, 1.807) is 18.3 Å². The zero-order valence-electron chi connectivity index (χ0n) is 16.9. The minimum absolute atomic E-state index is 0.283. The lowest BCUT2D eigenvalue weighted by molar-refractivity contribution is -0.117. The molecule has 0 aliphatic rings. The van der Waals surface area contributed by atoms with Crippen LogP contribution >= 0.6 is 0 Å². The fraction of sp³-hybridized carbons (Fsp3) is 0.130. The second kappa shape index (κ2) is 9.19. The van der Waals surface area contributed by atoms with E-state index in [-0.39, 0.29) is 5.91 Å². The van der Waals surface area contributed by atoms with Crippen LogP contribution in [0.2, 0.25) is 0 Å². The molecule has 4 rings (SSSR count). The first-order valence-electron chi connectivity index (χ1n) is 9.91. The summed E-state index contributed by atoms with van der Waals surface area (Å²) in [6, 6.07) is 19.9. The number of nitrogens with one attached hydrogen (secondary N) is 2. The van der Waals surface area contributed by atoms with Crippen LogP contribution in [0.1, 0.15) is 13.3 Å². The van der Waals surface area contributed by atoms with Gasteiger partial charge in [-0.3, -0.25) is 4.79 Å². The largest absolute Gasteiger partial charge is 0.457 e. The van der Waals surface area contributed by atoms with Crippen molar-refractivity contribution >= 4 is 34.4 Å². The highest BCUT2D eigenvalue weighted by molar-refractivity contribution is 5.94. The number of pyridine rings is 1. The van der Waals surface area contributed by atoms with Gasteiger partial charge in [-0.25, -0.2) is 15.0 Å². The maximum atomic E-state index is 12.0. The van der Waals surface area contributed by atoms with E-state index in [1.165, 1.54) is 0 Å². The molecule has 8 heteroatoms. The van der Waals surface area contributed by atoms with Crippen molar-refractivity contribution in [2.24, 2.45) is 5.73 Å². The van der Waals surface area contributed by atoms with E-state index >= 15 is 0 Å². The number of aromatic nitrogens is 3. The number of hydrogen-bond acceptors (Lipinski definition) is 7. The first-order valence-corrected chi connectivity index (χ1v) is 9.91. The molecule has 2 aromatic carbocycles. The number of anilines is 3. The van der Waals surface area contributed by atoms with Gasteiger partial charge in [-0.1, -0.05) is 25.1 Å². The smallest absolute Gasteiger partial charge is 0.242 e. The van der Waals surface area contributed by atoms with Crippen molar-refractivity contribution in [2.45, 2.75) is 19.4 Å². The number of benzene rings is 2. The summed E-state index contributed by atoms with van der Waals surface area (Å²) in [7, 11) is 0. The monoisotopic (exact) mass is 414 g/mol. The van der Waals surface area contributed by atoms with Gasteiger partial charge in [0, 0.05) is 5.69 Å². The molecule has 0 saturated carbocycles. The molecule has 31 heavy (non-hydrogen) atoms. The van der Waals surface area contributed by atoms with E-state index in [4.69, 9.17) is 10.5 Å². The van der Waals surface area contributed by atoms with Crippen molar-refractivity contribution in [3.63, 3.8) is 0 Å². The Morgan fingerprint density at radius 1 is 0.968 bits per heavy atom. The molecular formula is C23H22N6O2. The summed E-state index contributed by atoms with van der Waals surface area (Å²) in [4.78, 5) is 25.2. The van der Waals surface area contributed by atoms with Crippen LogP contribution in [-0.2, 0) is 4.79 Å². The highest BCUT2D eigenvalue weighted by atomic mass is 16.5. The third kappa shape index (κ3) is 5.12. The average molecular weight is 414 g/mol. The molecular weight excluding hydrogens is 392 g/mol. The van der Waals surface area contributed by atoms with Crippen molar-refractivity contribution in [1.29, 1.82) is 0 Å². The summed E-state index contributed by atoms with van der Waals surface area (Å²) < 4.78 is 5.80. The Kier molecular flexibility index (Phi) is 6.00. The predicted molar refractivity (Wildman–Crippen MR) is 120 cm³/mol. The standard InChI is InChI=1S/C23H22N6O2/c1-2-18(24)23(30)29-20-13-12-19-22(27-20)28-21(14-25-19)26-15-8-10-17(11-9-15)31-16-6-4-3-5-7-16/h3-14,18H,2,24H2,1H3,(H2,26,27,28,29,30). The van der Waals surface area contributed by atoms with Crippen LogP contribution in [0.5, 0.6) is 11.5 Å². The molecule has 0 aliphatic carbocycles. The maximum absolute atomic E-state index is 12.0. The summed E-state index contributed by atoms with van der Waals surface area (Å²) in [6.07, 6.45) is 2.17. The summed E-state index contributed by atoms with van der Waals surface area (Å²) in [5.41, 5.74) is 7.61. The maximum Gasteiger partial charge on any atom is 0.242 e. The number of ether oxygens (including phenoxy) is 1. The number of rotatable bonds is 7. The molecule has 1 amide bonds. The van der Waals surface area contributed by atoms with Crippen LogP contribution in [-0.4, -0.2) is 26.9 Å². The molecule has 0 aliphatic heterocycles. The average Bonchev–Trinajstić information content (AvgIpc) is 2.80. The third-order valence-corrected chi connectivity index (χ3v) is 4.54. The number of hydrogen-bond donors (Lipinski definition) is 3. The Bertz CT molecular complexity index is 1180. The molecule has 0 fully saturated rings. The minimum Gasteiger partial charge on any atom is -0.457 e. The first kappa shape index (κ1) is 20.2. The molecule has 0 saturated heterocycles. The van der Waals surface area contributed by atoms with Gasteiger partial charge in [-0.15, -0.1) is 0 Å². The lowest BCUT2D eigenvalue weighted by atomic mass is 10.2. The van der Waals surface area contributed by atoms with E-state index in [1.807, 2.05) is 61.5 Å². The van der Waals surface area contributed by atoms with E-state index in [0.29, 0.717) is 29.2 Å². The van der Waals surface area contributed by atoms with Gasteiger partial charge in [-0.2, -0.15) is 0 Å². The Labute approximate surface area is 179 Å². The summed E-state index contributed by atoms with van der Waals surface area (Å²) >= 11 is 0.